The van der Waals surface area contributed by atoms with Crippen LogP contribution in [0.3, 0.4) is 0 Å². The first-order chi connectivity index (χ1) is 7.46. The van der Waals surface area contributed by atoms with E-state index in [0.29, 0.717) is 19.4 Å². The molecule has 0 atom stereocenters. The zero-order valence-corrected chi connectivity index (χ0v) is 8.65. The highest BCUT2D eigenvalue weighted by Gasteiger charge is 2.33. The second-order valence-electron chi connectivity index (χ2n) is 3.51. The summed E-state index contributed by atoms with van der Waals surface area (Å²) < 4.78 is 50.9. The SMILES string of the molecule is NCCCCc1c(F)cccc1C(F)(F)F. The minimum atomic E-state index is -4.50. The Morgan fingerprint density at radius 3 is 2.38 bits per heavy atom. The van der Waals surface area contributed by atoms with E-state index in [2.05, 4.69) is 0 Å². The molecule has 0 aromatic heterocycles. The fourth-order valence-electron chi connectivity index (χ4n) is 1.52. The maximum Gasteiger partial charge on any atom is 0.416 e. The largest absolute Gasteiger partial charge is 0.416 e. The average Bonchev–Trinajstić information content (AvgIpc) is 2.19. The van der Waals surface area contributed by atoms with Crippen molar-refractivity contribution < 1.29 is 17.6 Å². The van der Waals surface area contributed by atoms with Crippen LogP contribution >= 0.6 is 0 Å². The van der Waals surface area contributed by atoms with Gasteiger partial charge in [0, 0.05) is 0 Å². The van der Waals surface area contributed by atoms with Crippen molar-refractivity contribution >= 4 is 0 Å². The number of benzene rings is 1. The molecule has 5 heteroatoms. The van der Waals surface area contributed by atoms with Crippen LogP contribution in [-0.2, 0) is 12.6 Å². The van der Waals surface area contributed by atoms with Crippen molar-refractivity contribution in [2.75, 3.05) is 6.54 Å². The average molecular weight is 235 g/mol. The molecule has 90 valence electrons. The van der Waals surface area contributed by atoms with Gasteiger partial charge in [-0.3, -0.25) is 0 Å². The van der Waals surface area contributed by atoms with E-state index in [1.54, 1.807) is 0 Å². The van der Waals surface area contributed by atoms with Crippen LogP contribution in [0.15, 0.2) is 18.2 Å². The Morgan fingerprint density at radius 1 is 1.12 bits per heavy atom. The highest BCUT2D eigenvalue weighted by molar-refractivity contribution is 5.31. The van der Waals surface area contributed by atoms with Gasteiger partial charge in [0.1, 0.15) is 5.82 Å². The molecule has 1 aromatic carbocycles. The quantitative estimate of drug-likeness (QED) is 0.629. The summed E-state index contributed by atoms with van der Waals surface area (Å²) in [5.74, 6) is -0.799. The Bertz CT molecular complexity index is 346. The van der Waals surface area contributed by atoms with Crippen molar-refractivity contribution in [1.82, 2.24) is 0 Å². The molecule has 0 amide bonds. The van der Waals surface area contributed by atoms with Gasteiger partial charge < -0.3 is 5.73 Å². The van der Waals surface area contributed by atoms with Gasteiger partial charge in [0.15, 0.2) is 0 Å². The van der Waals surface area contributed by atoms with Crippen LogP contribution in [0.5, 0.6) is 0 Å². The molecule has 0 saturated heterocycles. The van der Waals surface area contributed by atoms with Crippen LogP contribution < -0.4 is 5.73 Å². The van der Waals surface area contributed by atoms with E-state index >= 15 is 0 Å². The van der Waals surface area contributed by atoms with E-state index in [1.165, 1.54) is 0 Å². The Hall–Kier alpha value is -1.10. The van der Waals surface area contributed by atoms with Crippen molar-refractivity contribution in [3.63, 3.8) is 0 Å². The standard InChI is InChI=1S/C11H13F4N/c12-10-6-3-5-9(11(13,14)15)8(10)4-1-2-7-16/h3,5-6H,1-2,4,7,16H2. The van der Waals surface area contributed by atoms with Crippen LogP contribution in [0, 0.1) is 5.82 Å². The summed E-state index contributed by atoms with van der Waals surface area (Å²) in [6, 6.07) is 3.03. The molecular formula is C11H13F4N. The van der Waals surface area contributed by atoms with Gasteiger partial charge in [-0.15, -0.1) is 0 Å². The molecule has 0 saturated carbocycles. The summed E-state index contributed by atoms with van der Waals surface area (Å²) in [5.41, 5.74) is 4.09. The van der Waals surface area contributed by atoms with Crippen molar-refractivity contribution in [1.29, 1.82) is 0 Å². The van der Waals surface area contributed by atoms with Crippen LogP contribution in [0.25, 0.3) is 0 Å². The third-order valence-electron chi connectivity index (χ3n) is 2.31. The molecule has 0 spiro atoms. The van der Waals surface area contributed by atoms with Crippen molar-refractivity contribution in [3.8, 4) is 0 Å². The molecule has 0 aliphatic carbocycles. The van der Waals surface area contributed by atoms with E-state index < -0.39 is 17.6 Å². The number of hydrogen-bond acceptors (Lipinski definition) is 1. The molecule has 2 N–H and O–H groups in total. The van der Waals surface area contributed by atoms with Gasteiger partial charge in [0.05, 0.1) is 5.56 Å². The number of nitrogens with two attached hydrogens (primary N) is 1. The van der Waals surface area contributed by atoms with E-state index in [9.17, 15) is 17.6 Å². The molecule has 1 aromatic rings. The van der Waals surface area contributed by atoms with E-state index in [-0.39, 0.29) is 12.0 Å². The fourth-order valence-corrected chi connectivity index (χ4v) is 1.52. The third-order valence-corrected chi connectivity index (χ3v) is 2.31. The lowest BCUT2D eigenvalue weighted by atomic mass is 10.0. The zero-order valence-electron chi connectivity index (χ0n) is 8.65. The number of hydrogen-bond donors (Lipinski definition) is 1. The second kappa shape index (κ2) is 5.30. The molecule has 0 aliphatic heterocycles. The minimum Gasteiger partial charge on any atom is -0.330 e. The number of unbranched alkanes of at least 4 members (excludes halogenated alkanes) is 1. The summed E-state index contributed by atoms with van der Waals surface area (Å²) in [7, 11) is 0. The molecule has 0 heterocycles. The third kappa shape index (κ3) is 3.20. The fraction of sp³-hybridized carbons (Fsp3) is 0.455. The van der Waals surface area contributed by atoms with Crippen molar-refractivity contribution in [2.45, 2.75) is 25.4 Å². The summed E-state index contributed by atoms with van der Waals surface area (Å²) in [6.07, 6.45) is -3.38. The molecule has 1 rings (SSSR count). The van der Waals surface area contributed by atoms with Crippen LogP contribution in [0.2, 0.25) is 0 Å². The van der Waals surface area contributed by atoms with Crippen LogP contribution in [0.1, 0.15) is 24.0 Å². The molecule has 0 unspecified atom stereocenters. The van der Waals surface area contributed by atoms with Gasteiger partial charge in [-0.05, 0) is 43.5 Å². The van der Waals surface area contributed by atoms with Gasteiger partial charge in [0.2, 0.25) is 0 Å². The van der Waals surface area contributed by atoms with E-state index in [0.717, 1.165) is 18.2 Å². The Kier molecular flexibility index (Phi) is 4.29. The number of alkyl halides is 3. The topological polar surface area (TPSA) is 26.0 Å². The first-order valence-corrected chi connectivity index (χ1v) is 5.01. The smallest absolute Gasteiger partial charge is 0.330 e. The lowest BCUT2D eigenvalue weighted by Crippen LogP contribution is -2.11. The van der Waals surface area contributed by atoms with Gasteiger partial charge in [-0.1, -0.05) is 6.07 Å². The maximum absolute atomic E-state index is 13.3. The monoisotopic (exact) mass is 235 g/mol. The Morgan fingerprint density at radius 2 is 1.81 bits per heavy atom. The number of halogens is 4. The Balaban J connectivity index is 2.95. The highest BCUT2D eigenvalue weighted by Crippen LogP contribution is 2.33. The molecule has 1 nitrogen and oxygen atoms in total. The summed E-state index contributed by atoms with van der Waals surface area (Å²) >= 11 is 0. The highest BCUT2D eigenvalue weighted by atomic mass is 19.4. The molecule has 16 heavy (non-hydrogen) atoms. The van der Waals surface area contributed by atoms with Gasteiger partial charge in [0.25, 0.3) is 0 Å². The summed E-state index contributed by atoms with van der Waals surface area (Å²) in [4.78, 5) is 0. The van der Waals surface area contributed by atoms with Crippen molar-refractivity contribution in [3.05, 3.63) is 35.1 Å². The lowest BCUT2D eigenvalue weighted by molar-refractivity contribution is -0.138. The molecule has 0 bridgehead atoms. The lowest BCUT2D eigenvalue weighted by Gasteiger charge is -2.13. The number of rotatable bonds is 4. The summed E-state index contributed by atoms with van der Waals surface area (Å²) in [6.45, 7) is 0.399. The molecular weight excluding hydrogens is 222 g/mol. The van der Waals surface area contributed by atoms with Crippen LogP contribution in [0.4, 0.5) is 17.6 Å². The summed E-state index contributed by atoms with van der Waals surface area (Å²) in [5, 5.41) is 0. The molecule has 0 aliphatic rings. The van der Waals surface area contributed by atoms with Gasteiger partial charge >= 0.3 is 6.18 Å². The van der Waals surface area contributed by atoms with Gasteiger partial charge in [-0.2, -0.15) is 13.2 Å². The first kappa shape index (κ1) is 13.0. The van der Waals surface area contributed by atoms with E-state index in [1.807, 2.05) is 0 Å². The van der Waals surface area contributed by atoms with Crippen molar-refractivity contribution in [2.24, 2.45) is 5.73 Å². The van der Waals surface area contributed by atoms with Gasteiger partial charge in [-0.25, -0.2) is 4.39 Å². The predicted molar refractivity (Wildman–Crippen MR) is 53.4 cm³/mol. The zero-order chi connectivity index (χ0) is 12.2. The van der Waals surface area contributed by atoms with E-state index in [4.69, 9.17) is 5.73 Å². The molecule has 0 fully saturated rings. The normalized spacial score (nSPS) is 11.8. The second-order valence-corrected chi connectivity index (χ2v) is 3.51. The Labute approximate surface area is 91.3 Å². The predicted octanol–water partition coefficient (Wildman–Crippen LogP) is 3.13. The molecule has 0 radical (unpaired) electrons. The van der Waals surface area contributed by atoms with Crippen LogP contribution in [-0.4, -0.2) is 6.54 Å². The minimum absolute atomic E-state index is 0.0682. The maximum atomic E-state index is 13.3. The first-order valence-electron chi connectivity index (χ1n) is 5.01.